The van der Waals surface area contributed by atoms with E-state index in [0.717, 1.165) is 34.1 Å². The van der Waals surface area contributed by atoms with E-state index < -0.39 is 0 Å². The molecular formula is C110H78N2S2. The Morgan fingerprint density at radius 1 is 0.184 bits per heavy atom. The largest absolute Gasteiger partial charge is 0.310 e. The molecule has 0 radical (unpaired) electrons. The summed E-state index contributed by atoms with van der Waals surface area (Å²) < 4.78 is 5.22. The molecule has 2 heterocycles. The molecule has 0 saturated heterocycles. The van der Waals surface area contributed by atoms with Crippen molar-refractivity contribution in [2.24, 2.45) is 0 Å². The van der Waals surface area contributed by atoms with Gasteiger partial charge in [0.1, 0.15) is 0 Å². The molecule has 0 unspecified atom stereocenters. The van der Waals surface area contributed by atoms with Crippen LogP contribution in [0.3, 0.4) is 0 Å². The number of rotatable bonds is 12. The van der Waals surface area contributed by atoms with E-state index in [2.05, 4.69) is 438 Å². The van der Waals surface area contributed by atoms with Crippen LogP contribution in [0.1, 0.15) is 49.9 Å². The first-order valence-corrected chi connectivity index (χ1v) is 41.1. The Balaban J connectivity index is 0.000000143. The van der Waals surface area contributed by atoms with Crippen LogP contribution in [0.15, 0.2) is 400 Å². The summed E-state index contributed by atoms with van der Waals surface area (Å²) in [7, 11) is 0. The van der Waals surface area contributed by atoms with E-state index in [4.69, 9.17) is 0 Å². The molecule has 0 spiro atoms. The zero-order valence-electron chi connectivity index (χ0n) is 63.8. The van der Waals surface area contributed by atoms with Crippen molar-refractivity contribution < 1.29 is 0 Å². The number of benzene rings is 18. The van der Waals surface area contributed by atoms with Crippen LogP contribution >= 0.6 is 22.7 Å². The average Bonchev–Trinajstić information content (AvgIpc) is 1.53. The second kappa shape index (κ2) is 27.8. The second-order valence-electron chi connectivity index (χ2n) is 31.5. The van der Waals surface area contributed by atoms with Crippen LogP contribution in [0.2, 0.25) is 0 Å². The number of hydrogen-bond acceptors (Lipinski definition) is 4. The molecule has 2 aliphatic carbocycles. The van der Waals surface area contributed by atoms with Crippen LogP contribution in [0, 0.1) is 0 Å². The highest BCUT2D eigenvalue weighted by atomic mass is 32.1. The fourth-order valence-corrected chi connectivity index (χ4v) is 20.7. The van der Waals surface area contributed by atoms with Gasteiger partial charge in [0, 0.05) is 96.4 Å². The number of fused-ring (bicyclic) bond motifs is 14. The maximum atomic E-state index is 2.47. The second-order valence-corrected chi connectivity index (χ2v) is 33.6. The van der Waals surface area contributed by atoms with E-state index in [1.165, 1.54) is 173 Å². The fraction of sp³-hybridized carbons (Fsp3) is 0.0545. The van der Waals surface area contributed by atoms with Crippen molar-refractivity contribution in [3.05, 3.63) is 423 Å². The van der Waals surface area contributed by atoms with Crippen molar-refractivity contribution in [2.45, 2.75) is 38.5 Å². The highest BCUT2D eigenvalue weighted by Crippen LogP contribution is 2.55. The molecule has 2 aromatic heterocycles. The van der Waals surface area contributed by atoms with Crippen LogP contribution < -0.4 is 9.80 Å². The van der Waals surface area contributed by atoms with Crippen molar-refractivity contribution in [1.29, 1.82) is 0 Å². The quantitative estimate of drug-likeness (QED) is 0.120. The van der Waals surface area contributed by atoms with Gasteiger partial charge in [0.25, 0.3) is 0 Å². The summed E-state index contributed by atoms with van der Waals surface area (Å²) in [6, 6.07) is 148. The van der Waals surface area contributed by atoms with Crippen LogP contribution in [0.5, 0.6) is 0 Å². The third-order valence-corrected chi connectivity index (χ3v) is 26.6. The van der Waals surface area contributed by atoms with Gasteiger partial charge in [0.15, 0.2) is 0 Å². The Bertz CT molecular complexity index is 7120. The summed E-state index contributed by atoms with van der Waals surface area (Å²) in [6.07, 6.45) is 0. The van der Waals surface area contributed by atoms with Gasteiger partial charge in [-0.05, 0) is 213 Å². The predicted octanol–water partition coefficient (Wildman–Crippen LogP) is 32.0. The molecule has 4 heteroatoms. The van der Waals surface area contributed by atoms with E-state index >= 15 is 0 Å². The Kier molecular flexibility index (Phi) is 16.7. The zero-order chi connectivity index (χ0) is 76.2. The molecule has 20 aromatic rings. The molecule has 0 aliphatic heterocycles. The summed E-state index contributed by atoms with van der Waals surface area (Å²) in [5.74, 6) is 0. The molecule has 18 aromatic carbocycles. The molecule has 540 valence electrons. The number of nitrogens with zero attached hydrogens (tertiary/aromatic N) is 2. The van der Waals surface area contributed by atoms with Gasteiger partial charge in [-0.3, -0.25) is 0 Å². The third-order valence-electron chi connectivity index (χ3n) is 24.1. The maximum absolute atomic E-state index is 2.47. The first kappa shape index (κ1) is 68.5. The highest BCUT2D eigenvalue weighted by Gasteiger charge is 2.38. The minimum absolute atomic E-state index is 0.118. The van der Waals surface area contributed by atoms with Crippen molar-refractivity contribution >= 4 is 119 Å². The van der Waals surface area contributed by atoms with Crippen molar-refractivity contribution in [3.63, 3.8) is 0 Å². The molecule has 2 nitrogen and oxygen atoms in total. The Hall–Kier alpha value is -13.5. The van der Waals surface area contributed by atoms with Gasteiger partial charge >= 0.3 is 0 Å². The lowest BCUT2D eigenvalue weighted by Crippen LogP contribution is -2.16. The van der Waals surface area contributed by atoms with Crippen LogP contribution in [-0.2, 0) is 10.8 Å². The van der Waals surface area contributed by atoms with E-state index in [-0.39, 0.29) is 10.8 Å². The molecule has 0 saturated carbocycles. The summed E-state index contributed by atoms with van der Waals surface area (Å²) >= 11 is 3.77. The smallest absolute Gasteiger partial charge is 0.0475 e. The summed E-state index contributed by atoms with van der Waals surface area (Å²) in [4.78, 5) is 4.94. The molecule has 22 rings (SSSR count). The summed E-state index contributed by atoms with van der Waals surface area (Å²) in [5, 5.41) is 10.2. The number of anilines is 6. The molecule has 0 fully saturated rings. The Labute approximate surface area is 673 Å². The Morgan fingerprint density at radius 3 is 1.04 bits per heavy atom. The summed E-state index contributed by atoms with van der Waals surface area (Å²) in [6.45, 7) is 9.47. The number of thiophene rings is 2. The van der Waals surface area contributed by atoms with Gasteiger partial charge in [-0.2, -0.15) is 0 Å². The Morgan fingerprint density at radius 2 is 0.526 bits per heavy atom. The summed E-state index contributed by atoms with van der Waals surface area (Å²) in [5.41, 5.74) is 32.1. The molecule has 114 heavy (non-hydrogen) atoms. The average molecular weight is 1490 g/mol. The highest BCUT2D eigenvalue weighted by molar-refractivity contribution is 7.26. The molecule has 0 N–H and O–H groups in total. The monoisotopic (exact) mass is 1490 g/mol. The van der Waals surface area contributed by atoms with Gasteiger partial charge in [0.05, 0.1) is 0 Å². The van der Waals surface area contributed by atoms with E-state index in [0.29, 0.717) is 0 Å². The SMILES string of the molecule is CC1(C)c2ccccc2-c2ccc(N(c3ccc(-c4ccc5ccccc5c4)cc3)c3cc(-c4ccc(-c5ccccc5)cc4)c4sc5ccccc5c4c3)cc21.CC1(C)c2ccccc2-c2ccc(N(c3ccc(-c4cccc5ccccc45)cc3)c3cc(-c4ccc(-c5ccccc5)cc4)c4sc5ccccc5c4c3)cc21. The molecular weight excluding hydrogens is 1410 g/mol. The van der Waals surface area contributed by atoms with Crippen LogP contribution in [0.25, 0.3) is 151 Å². The van der Waals surface area contributed by atoms with Gasteiger partial charge < -0.3 is 9.80 Å². The molecule has 0 bridgehead atoms. The first-order valence-electron chi connectivity index (χ1n) is 39.5. The lowest BCUT2D eigenvalue weighted by Gasteiger charge is -2.29. The molecule has 2 aliphatic rings. The van der Waals surface area contributed by atoms with Crippen molar-refractivity contribution in [3.8, 4) is 89.0 Å². The lowest BCUT2D eigenvalue weighted by molar-refractivity contribution is 0.660. The fourth-order valence-electron chi connectivity index (χ4n) is 18.3. The standard InChI is InChI=1S/2C55H39NS/c1-55(2)51-21-10-8-18-46(51)47-32-31-42(35-52(47)55)56(41-29-27-39(28-30-41)45-20-12-16-38-15-6-7-17-44(38)45)43-33-49(54-50(34-43)48-19-9-11-22-53(48)57-54)40-25-23-37(24-26-40)36-13-4-3-5-14-36;1-55(2)51-18-10-8-16-46(51)47-31-30-44(35-52(47)55)56(43-28-26-39(27-29-43)42-25-22-37-14-6-7-15-41(37)32-42)45-33-49(54-50(34-45)48-17-9-11-19-53(48)57-54)40-23-20-38(21-24-40)36-12-4-3-5-13-36/h2*3-35H,1-2H3. The molecule has 0 atom stereocenters. The normalized spacial score (nSPS) is 12.9. The van der Waals surface area contributed by atoms with E-state index in [1.807, 2.05) is 22.7 Å². The molecule has 0 amide bonds. The number of hydrogen-bond donors (Lipinski definition) is 0. The predicted molar refractivity (Wildman–Crippen MR) is 491 cm³/mol. The van der Waals surface area contributed by atoms with E-state index in [9.17, 15) is 0 Å². The minimum Gasteiger partial charge on any atom is -0.310 e. The van der Waals surface area contributed by atoms with Crippen LogP contribution in [0.4, 0.5) is 34.1 Å². The van der Waals surface area contributed by atoms with Gasteiger partial charge in [-0.25, -0.2) is 0 Å². The van der Waals surface area contributed by atoms with Crippen molar-refractivity contribution in [2.75, 3.05) is 9.80 Å². The lowest BCUT2D eigenvalue weighted by atomic mass is 9.82. The van der Waals surface area contributed by atoms with Crippen molar-refractivity contribution in [1.82, 2.24) is 0 Å². The topological polar surface area (TPSA) is 6.48 Å². The minimum atomic E-state index is -0.120. The van der Waals surface area contributed by atoms with Gasteiger partial charge in [0.2, 0.25) is 0 Å². The van der Waals surface area contributed by atoms with Gasteiger partial charge in [-0.1, -0.05) is 337 Å². The van der Waals surface area contributed by atoms with Crippen LogP contribution in [-0.4, -0.2) is 0 Å². The maximum Gasteiger partial charge on any atom is 0.0475 e. The first-order chi connectivity index (χ1) is 56.0. The van der Waals surface area contributed by atoms with Gasteiger partial charge in [-0.15, -0.1) is 22.7 Å². The van der Waals surface area contributed by atoms with E-state index in [1.54, 1.807) is 0 Å². The zero-order valence-corrected chi connectivity index (χ0v) is 65.4. The third kappa shape index (κ3) is 11.8.